The van der Waals surface area contributed by atoms with Gasteiger partial charge in [-0.2, -0.15) is 5.10 Å². The molecule has 0 bridgehead atoms. The smallest absolute Gasteiger partial charge is 0.135 e. The summed E-state index contributed by atoms with van der Waals surface area (Å²) in [7, 11) is 0. The highest BCUT2D eigenvalue weighted by molar-refractivity contribution is 6.13. The number of nitrogens with zero attached hydrogens (tertiary/aromatic N) is 3. The van der Waals surface area contributed by atoms with E-state index in [0.29, 0.717) is 11.5 Å². The minimum atomic E-state index is -0.779. The molecule has 0 aliphatic carbocycles. The van der Waals surface area contributed by atoms with Crippen molar-refractivity contribution in [3.05, 3.63) is 65.4 Å². The molecule has 4 nitrogen and oxygen atoms in total. The molecular weight excluding hydrogens is 312 g/mol. The Morgan fingerprint density at radius 1 is 1.21 bits per heavy atom. The summed E-state index contributed by atoms with van der Waals surface area (Å²) in [4.78, 5) is 0. The molecule has 0 aliphatic rings. The van der Waals surface area contributed by atoms with Gasteiger partial charge in [0.15, 0.2) is 0 Å². The van der Waals surface area contributed by atoms with E-state index < -0.39 is 11.6 Å². The minimum Gasteiger partial charge on any atom is -0.410 e. The third-order valence-corrected chi connectivity index (χ3v) is 3.74. The predicted octanol–water partition coefficient (Wildman–Crippen LogP) is 4.20. The molecule has 3 aromatic rings. The zero-order chi connectivity index (χ0) is 17.3. The first kappa shape index (κ1) is 16.1. The van der Waals surface area contributed by atoms with E-state index in [2.05, 4.69) is 24.1 Å². The lowest BCUT2D eigenvalue weighted by Crippen LogP contribution is -2.07. The molecule has 0 amide bonds. The Bertz CT molecular complexity index is 916. The number of fused-ring (bicyclic) bond motifs is 1. The summed E-state index contributed by atoms with van der Waals surface area (Å²) in [5, 5.41) is 17.8. The molecule has 1 aromatic heterocycles. The lowest BCUT2D eigenvalue weighted by atomic mass is 10.0. The van der Waals surface area contributed by atoms with Crippen molar-refractivity contribution in [3.8, 4) is 0 Å². The maximum Gasteiger partial charge on any atom is 0.135 e. The van der Waals surface area contributed by atoms with Crippen LogP contribution in [-0.4, -0.2) is 20.7 Å². The highest BCUT2D eigenvalue weighted by Gasteiger charge is 2.15. The summed E-state index contributed by atoms with van der Waals surface area (Å²) in [5.74, 6) is -1.01. The van der Waals surface area contributed by atoms with Crippen molar-refractivity contribution < 1.29 is 14.0 Å². The lowest BCUT2D eigenvalue weighted by molar-refractivity contribution is 0.319. The fourth-order valence-electron chi connectivity index (χ4n) is 2.67. The lowest BCUT2D eigenvalue weighted by Gasteiger charge is -2.09. The van der Waals surface area contributed by atoms with Gasteiger partial charge in [-0.1, -0.05) is 25.1 Å². The van der Waals surface area contributed by atoms with Crippen molar-refractivity contribution in [1.82, 2.24) is 9.78 Å². The van der Waals surface area contributed by atoms with Gasteiger partial charge >= 0.3 is 0 Å². The Hall–Kier alpha value is -2.76. The average molecular weight is 329 g/mol. The molecule has 0 saturated carbocycles. The van der Waals surface area contributed by atoms with Crippen LogP contribution in [0.4, 0.5) is 8.78 Å². The summed E-state index contributed by atoms with van der Waals surface area (Å²) in [6.45, 7) is 5.00. The van der Waals surface area contributed by atoms with E-state index >= 15 is 0 Å². The van der Waals surface area contributed by atoms with Crippen LogP contribution in [0.15, 0.2) is 47.8 Å². The van der Waals surface area contributed by atoms with Gasteiger partial charge in [-0.3, -0.25) is 4.68 Å². The summed E-state index contributed by atoms with van der Waals surface area (Å²) in [6, 6.07) is 8.51. The Balaban J connectivity index is 2.04. The van der Waals surface area contributed by atoms with Crippen molar-refractivity contribution in [2.45, 2.75) is 20.4 Å². The van der Waals surface area contributed by atoms with E-state index in [1.54, 1.807) is 18.3 Å². The molecule has 0 unspecified atom stereocenters. The number of rotatable bonds is 4. The first-order valence-corrected chi connectivity index (χ1v) is 7.63. The van der Waals surface area contributed by atoms with E-state index in [0.717, 1.165) is 29.6 Å². The Morgan fingerprint density at radius 3 is 2.67 bits per heavy atom. The van der Waals surface area contributed by atoms with Gasteiger partial charge in [-0.15, -0.1) is 0 Å². The van der Waals surface area contributed by atoms with Crippen LogP contribution in [0.2, 0.25) is 0 Å². The van der Waals surface area contributed by atoms with E-state index in [1.807, 2.05) is 10.7 Å². The van der Waals surface area contributed by atoms with Gasteiger partial charge in [0.05, 0.1) is 11.7 Å². The molecule has 0 saturated heterocycles. The van der Waals surface area contributed by atoms with Crippen LogP contribution in [0.3, 0.4) is 0 Å². The zero-order valence-electron chi connectivity index (χ0n) is 13.4. The van der Waals surface area contributed by atoms with E-state index in [-0.39, 0.29) is 11.3 Å². The van der Waals surface area contributed by atoms with Gasteiger partial charge in [0.1, 0.15) is 17.3 Å². The number of oxime groups is 1. The monoisotopic (exact) mass is 329 g/mol. The topological polar surface area (TPSA) is 50.4 Å². The molecule has 3 rings (SSSR count). The van der Waals surface area contributed by atoms with E-state index in [9.17, 15) is 14.0 Å². The van der Waals surface area contributed by atoms with E-state index in [4.69, 9.17) is 0 Å². The first-order valence-electron chi connectivity index (χ1n) is 7.63. The van der Waals surface area contributed by atoms with Gasteiger partial charge < -0.3 is 5.21 Å². The average Bonchev–Trinajstić information content (AvgIpc) is 2.92. The number of halogens is 2. The molecule has 24 heavy (non-hydrogen) atoms. The third-order valence-electron chi connectivity index (χ3n) is 3.74. The van der Waals surface area contributed by atoms with Gasteiger partial charge in [-0.25, -0.2) is 8.78 Å². The molecule has 124 valence electrons. The molecule has 0 atom stereocenters. The normalized spacial score (nSPS) is 12.3. The number of aromatic nitrogens is 2. The quantitative estimate of drug-likeness (QED) is 0.443. The maximum atomic E-state index is 14.0. The maximum absolute atomic E-state index is 14.0. The van der Waals surface area contributed by atoms with Gasteiger partial charge in [0.25, 0.3) is 0 Å². The second-order valence-corrected chi connectivity index (χ2v) is 6.07. The molecule has 0 radical (unpaired) electrons. The summed E-state index contributed by atoms with van der Waals surface area (Å²) in [5.41, 5.74) is 1.56. The first-order chi connectivity index (χ1) is 11.5. The highest BCUT2D eigenvalue weighted by atomic mass is 19.1. The number of hydrogen-bond donors (Lipinski definition) is 1. The van der Waals surface area contributed by atoms with Gasteiger partial charge in [0.2, 0.25) is 0 Å². The van der Waals surface area contributed by atoms with Crippen LogP contribution in [0.25, 0.3) is 10.9 Å². The van der Waals surface area contributed by atoms with Crippen molar-refractivity contribution in [2.75, 3.05) is 0 Å². The second-order valence-electron chi connectivity index (χ2n) is 6.07. The number of benzene rings is 2. The summed E-state index contributed by atoms with van der Waals surface area (Å²) in [6.07, 6.45) is 1.72. The Kier molecular flexibility index (Phi) is 4.29. The Morgan fingerprint density at radius 2 is 2.00 bits per heavy atom. The van der Waals surface area contributed by atoms with Crippen LogP contribution in [0.1, 0.15) is 25.0 Å². The molecule has 6 heteroatoms. The van der Waals surface area contributed by atoms with Crippen molar-refractivity contribution in [3.63, 3.8) is 0 Å². The van der Waals surface area contributed by atoms with Crippen LogP contribution in [0.5, 0.6) is 0 Å². The molecule has 0 fully saturated rings. The number of hydrogen-bond acceptors (Lipinski definition) is 3. The highest BCUT2D eigenvalue weighted by Crippen LogP contribution is 2.21. The SMILES string of the molecule is CC(C)Cn1ncc2cc(C(=NO)c3ccc(F)cc3F)ccc21. The van der Waals surface area contributed by atoms with Crippen molar-refractivity contribution in [1.29, 1.82) is 0 Å². The molecule has 0 aliphatic heterocycles. The standard InChI is InChI=1S/C18H17F2N3O/c1-11(2)10-23-17-6-3-12(7-13(17)9-21-23)18(22-24)15-5-4-14(19)8-16(15)20/h3-9,11,24H,10H2,1-2H3. The van der Waals surface area contributed by atoms with Crippen LogP contribution < -0.4 is 0 Å². The predicted molar refractivity (Wildman–Crippen MR) is 88.4 cm³/mol. The zero-order valence-corrected chi connectivity index (χ0v) is 13.4. The molecule has 1 heterocycles. The van der Waals surface area contributed by atoms with Crippen LogP contribution >= 0.6 is 0 Å². The largest absolute Gasteiger partial charge is 0.410 e. The van der Waals surface area contributed by atoms with Crippen LogP contribution in [0, 0.1) is 17.6 Å². The third kappa shape index (κ3) is 2.99. The van der Waals surface area contributed by atoms with Gasteiger partial charge in [-0.05, 0) is 30.2 Å². The fourth-order valence-corrected chi connectivity index (χ4v) is 2.67. The summed E-state index contributed by atoms with van der Waals surface area (Å²) < 4.78 is 29.0. The van der Waals surface area contributed by atoms with E-state index in [1.165, 1.54) is 6.07 Å². The fraction of sp³-hybridized carbons (Fsp3) is 0.222. The van der Waals surface area contributed by atoms with Gasteiger partial charge in [0, 0.05) is 29.1 Å². The second kappa shape index (κ2) is 6.39. The minimum absolute atomic E-state index is 0.0350. The van der Waals surface area contributed by atoms with Crippen molar-refractivity contribution >= 4 is 16.6 Å². The molecule has 1 N–H and O–H groups in total. The Labute approximate surface area is 138 Å². The molecule has 0 spiro atoms. The summed E-state index contributed by atoms with van der Waals surface area (Å²) >= 11 is 0. The van der Waals surface area contributed by atoms with Crippen molar-refractivity contribution in [2.24, 2.45) is 11.1 Å². The molecular formula is C18H17F2N3O. The molecule has 2 aromatic carbocycles. The van der Waals surface area contributed by atoms with Crippen LogP contribution in [-0.2, 0) is 6.54 Å².